The van der Waals surface area contributed by atoms with Gasteiger partial charge in [0.25, 0.3) is 0 Å². The highest BCUT2D eigenvalue weighted by Crippen LogP contribution is 2.18. The number of hydrogen-bond donors (Lipinski definition) is 1. The molecule has 0 spiro atoms. The highest BCUT2D eigenvalue weighted by Gasteiger charge is 2.07. The number of benzene rings is 2. The molecule has 0 aliphatic rings. The first kappa shape index (κ1) is 14.8. The molecule has 0 fully saturated rings. The van der Waals surface area contributed by atoms with E-state index >= 15 is 0 Å². The number of fused-ring (bicyclic) bond motifs is 1. The van der Waals surface area contributed by atoms with Crippen LogP contribution >= 0.6 is 0 Å². The SMILES string of the molecule is COc1ccccc1/C(N)=N/OCc1cccc2cccnc12. The summed E-state index contributed by atoms with van der Waals surface area (Å²) in [6, 6.07) is 17.3. The fourth-order valence-corrected chi connectivity index (χ4v) is 2.36. The number of para-hydroxylation sites is 2. The lowest BCUT2D eigenvalue weighted by Crippen LogP contribution is -2.15. The van der Waals surface area contributed by atoms with E-state index in [1.165, 1.54) is 0 Å². The second kappa shape index (κ2) is 6.79. The third kappa shape index (κ3) is 3.23. The summed E-state index contributed by atoms with van der Waals surface area (Å²) in [6.07, 6.45) is 1.76. The van der Waals surface area contributed by atoms with Crippen molar-refractivity contribution in [3.05, 3.63) is 71.9 Å². The normalized spacial score (nSPS) is 11.4. The smallest absolute Gasteiger partial charge is 0.174 e. The Morgan fingerprint density at radius 3 is 2.78 bits per heavy atom. The molecule has 5 heteroatoms. The van der Waals surface area contributed by atoms with Crippen LogP contribution in [0.5, 0.6) is 5.75 Å². The van der Waals surface area contributed by atoms with Gasteiger partial charge in [0.2, 0.25) is 0 Å². The molecule has 3 aromatic rings. The Bertz CT molecular complexity index is 841. The van der Waals surface area contributed by atoms with Crippen LogP contribution in [0.1, 0.15) is 11.1 Å². The second-order valence-corrected chi connectivity index (χ2v) is 4.94. The molecule has 23 heavy (non-hydrogen) atoms. The van der Waals surface area contributed by atoms with Gasteiger partial charge in [-0.2, -0.15) is 0 Å². The minimum absolute atomic E-state index is 0.274. The van der Waals surface area contributed by atoms with Crippen LogP contribution in [0.4, 0.5) is 0 Å². The predicted molar refractivity (Wildman–Crippen MR) is 90.3 cm³/mol. The van der Waals surface area contributed by atoms with Crippen molar-refractivity contribution in [1.29, 1.82) is 0 Å². The van der Waals surface area contributed by atoms with E-state index in [9.17, 15) is 0 Å². The molecule has 5 nitrogen and oxygen atoms in total. The van der Waals surface area contributed by atoms with E-state index in [1.54, 1.807) is 13.3 Å². The summed E-state index contributed by atoms with van der Waals surface area (Å²) in [7, 11) is 1.59. The summed E-state index contributed by atoms with van der Waals surface area (Å²) in [5.41, 5.74) is 8.54. The molecule has 0 amide bonds. The Morgan fingerprint density at radius 2 is 1.91 bits per heavy atom. The van der Waals surface area contributed by atoms with E-state index in [4.69, 9.17) is 15.3 Å². The molecule has 0 bridgehead atoms. The zero-order chi connectivity index (χ0) is 16.1. The highest BCUT2D eigenvalue weighted by atomic mass is 16.6. The average Bonchev–Trinajstić information content (AvgIpc) is 2.61. The Balaban J connectivity index is 1.77. The first-order valence-corrected chi connectivity index (χ1v) is 7.21. The molecule has 0 aliphatic carbocycles. The molecular formula is C18H17N3O2. The summed E-state index contributed by atoms with van der Waals surface area (Å²) in [5, 5.41) is 5.06. The Morgan fingerprint density at radius 1 is 1.09 bits per heavy atom. The Kier molecular flexibility index (Phi) is 4.38. The minimum atomic E-state index is 0.274. The molecule has 0 atom stereocenters. The summed E-state index contributed by atoms with van der Waals surface area (Å²) < 4.78 is 5.26. The number of rotatable bonds is 5. The molecule has 0 saturated heterocycles. The molecule has 0 radical (unpaired) electrons. The lowest BCUT2D eigenvalue weighted by molar-refractivity contribution is 0.131. The number of oxime groups is 1. The van der Waals surface area contributed by atoms with Crippen molar-refractivity contribution in [3.63, 3.8) is 0 Å². The maximum absolute atomic E-state index is 5.98. The molecular weight excluding hydrogens is 290 g/mol. The summed E-state index contributed by atoms with van der Waals surface area (Å²) in [4.78, 5) is 9.80. The highest BCUT2D eigenvalue weighted by molar-refractivity contribution is 5.99. The number of ether oxygens (including phenoxy) is 1. The molecule has 2 aromatic carbocycles. The van der Waals surface area contributed by atoms with Crippen molar-refractivity contribution in [2.75, 3.05) is 7.11 Å². The minimum Gasteiger partial charge on any atom is -0.496 e. The van der Waals surface area contributed by atoms with Crippen molar-refractivity contribution < 1.29 is 9.57 Å². The average molecular weight is 307 g/mol. The van der Waals surface area contributed by atoms with Crippen LogP contribution in [-0.2, 0) is 11.4 Å². The van der Waals surface area contributed by atoms with Gasteiger partial charge >= 0.3 is 0 Å². The maximum atomic E-state index is 5.98. The van der Waals surface area contributed by atoms with Crippen LogP contribution in [-0.4, -0.2) is 17.9 Å². The zero-order valence-corrected chi connectivity index (χ0v) is 12.8. The monoisotopic (exact) mass is 307 g/mol. The van der Waals surface area contributed by atoms with Gasteiger partial charge in [0, 0.05) is 17.1 Å². The summed E-state index contributed by atoms with van der Waals surface area (Å²) in [6.45, 7) is 0.296. The second-order valence-electron chi connectivity index (χ2n) is 4.94. The number of pyridine rings is 1. The van der Waals surface area contributed by atoms with E-state index < -0.39 is 0 Å². The van der Waals surface area contributed by atoms with E-state index in [0.29, 0.717) is 17.9 Å². The van der Waals surface area contributed by atoms with E-state index in [2.05, 4.69) is 10.1 Å². The van der Waals surface area contributed by atoms with Crippen LogP contribution in [0.15, 0.2) is 65.9 Å². The van der Waals surface area contributed by atoms with Crippen LogP contribution < -0.4 is 10.5 Å². The number of methoxy groups -OCH3 is 1. The number of nitrogens with zero attached hydrogens (tertiary/aromatic N) is 2. The Hall–Kier alpha value is -3.08. The van der Waals surface area contributed by atoms with Gasteiger partial charge in [-0.25, -0.2) is 0 Å². The van der Waals surface area contributed by atoms with Crippen molar-refractivity contribution in [2.24, 2.45) is 10.9 Å². The number of nitrogens with two attached hydrogens (primary N) is 1. The van der Waals surface area contributed by atoms with Crippen LogP contribution in [0.3, 0.4) is 0 Å². The summed E-state index contributed by atoms with van der Waals surface area (Å²) >= 11 is 0. The molecule has 116 valence electrons. The first-order chi connectivity index (χ1) is 11.3. The fraction of sp³-hybridized carbons (Fsp3) is 0.111. The third-order valence-corrected chi connectivity index (χ3v) is 3.48. The van der Waals surface area contributed by atoms with Gasteiger partial charge in [-0.3, -0.25) is 4.98 Å². The molecule has 1 heterocycles. The quantitative estimate of drug-likeness (QED) is 0.447. The zero-order valence-electron chi connectivity index (χ0n) is 12.8. The van der Waals surface area contributed by atoms with E-state index in [1.807, 2.05) is 54.6 Å². The van der Waals surface area contributed by atoms with Gasteiger partial charge in [0.1, 0.15) is 12.4 Å². The summed E-state index contributed by atoms with van der Waals surface area (Å²) in [5.74, 6) is 0.930. The standard InChI is InChI=1S/C18H17N3O2/c1-22-16-10-3-2-9-15(16)18(19)21-23-12-14-7-4-6-13-8-5-11-20-17(13)14/h2-11H,12H2,1H3,(H2,19,21). The van der Waals surface area contributed by atoms with Gasteiger partial charge in [0.05, 0.1) is 18.2 Å². The lowest BCUT2D eigenvalue weighted by Gasteiger charge is -2.08. The van der Waals surface area contributed by atoms with Crippen molar-refractivity contribution >= 4 is 16.7 Å². The molecule has 0 unspecified atom stereocenters. The lowest BCUT2D eigenvalue weighted by atomic mass is 10.1. The molecule has 0 saturated carbocycles. The molecule has 1 aromatic heterocycles. The van der Waals surface area contributed by atoms with Crippen molar-refractivity contribution in [1.82, 2.24) is 4.98 Å². The topological polar surface area (TPSA) is 69.7 Å². The van der Waals surface area contributed by atoms with Gasteiger partial charge < -0.3 is 15.3 Å². The first-order valence-electron chi connectivity index (χ1n) is 7.21. The molecule has 3 rings (SSSR count). The van der Waals surface area contributed by atoms with Crippen LogP contribution in [0.25, 0.3) is 10.9 Å². The van der Waals surface area contributed by atoms with E-state index in [-0.39, 0.29) is 5.84 Å². The van der Waals surface area contributed by atoms with E-state index in [0.717, 1.165) is 16.5 Å². The molecule has 2 N–H and O–H groups in total. The van der Waals surface area contributed by atoms with Gasteiger partial charge in [0.15, 0.2) is 5.84 Å². The number of hydrogen-bond acceptors (Lipinski definition) is 4. The Labute approximate surface area is 134 Å². The van der Waals surface area contributed by atoms with Gasteiger partial charge in [-0.1, -0.05) is 41.6 Å². The number of amidine groups is 1. The van der Waals surface area contributed by atoms with Crippen LogP contribution in [0.2, 0.25) is 0 Å². The van der Waals surface area contributed by atoms with Gasteiger partial charge in [-0.15, -0.1) is 0 Å². The predicted octanol–water partition coefficient (Wildman–Crippen LogP) is 3.08. The number of aromatic nitrogens is 1. The third-order valence-electron chi connectivity index (χ3n) is 3.48. The fourth-order valence-electron chi connectivity index (χ4n) is 2.36. The maximum Gasteiger partial charge on any atom is 0.174 e. The van der Waals surface area contributed by atoms with Crippen molar-refractivity contribution in [3.8, 4) is 5.75 Å². The van der Waals surface area contributed by atoms with Crippen molar-refractivity contribution in [2.45, 2.75) is 6.61 Å². The molecule has 0 aliphatic heterocycles. The van der Waals surface area contributed by atoms with Gasteiger partial charge in [-0.05, 0) is 18.2 Å². The van der Waals surface area contributed by atoms with Crippen LogP contribution in [0, 0.1) is 0 Å². The largest absolute Gasteiger partial charge is 0.496 e.